The van der Waals surface area contributed by atoms with Crippen molar-refractivity contribution in [3.05, 3.63) is 42.2 Å². The molecule has 0 fully saturated rings. The van der Waals surface area contributed by atoms with Crippen molar-refractivity contribution in [1.29, 1.82) is 0 Å². The van der Waals surface area contributed by atoms with Gasteiger partial charge in [0.2, 0.25) is 11.8 Å². The third-order valence-corrected chi connectivity index (χ3v) is 3.04. The van der Waals surface area contributed by atoms with Gasteiger partial charge in [-0.1, -0.05) is 0 Å². The Kier molecular flexibility index (Phi) is 3.92. The predicted molar refractivity (Wildman–Crippen MR) is 78.7 cm³/mol. The molecular weight excluding hydrogens is 328 g/mol. The molecule has 0 unspecified atom stereocenters. The topological polar surface area (TPSA) is 73.9 Å². The first-order valence-corrected chi connectivity index (χ1v) is 6.71. The van der Waals surface area contributed by atoms with Crippen molar-refractivity contribution in [1.82, 2.24) is 15.0 Å². The van der Waals surface area contributed by atoms with E-state index < -0.39 is 18.6 Å². The number of anilines is 1. The minimum Gasteiger partial charge on any atom is -0.466 e. The van der Waals surface area contributed by atoms with E-state index in [1.807, 2.05) is 0 Å². The van der Waals surface area contributed by atoms with E-state index in [1.165, 1.54) is 30.3 Å². The summed E-state index contributed by atoms with van der Waals surface area (Å²) in [4.78, 5) is 11.8. The van der Waals surface area contributed by atoms with Crippen LogP contribution >= 0.6 is 0 Å². The smallest absolute Gasteiger partial charge is 0.422 e. The molecule has 0 bridgehead atoms. The molecule has 2 heterocycles. The maximum absolute atomic E-state index is 13.0. The molecule has 1 aromatic carbocycles. The van der Waals surface area contributed by atoms with Gasteiger partial charge in [0.05, 0.1) is 11.2 Å². The molecule has 0 radical (unpaired) electrons. The van der Waals surface area contributed by atoms with Crippen LogP contribution in [0.4, 0.5) is 23.5 Å². The molecule has 0 saturated carbocycles. The van der Waals surface area contributed by atoms with E-state index in [4.69, 9.17) is 10.5 Å². The summed E-state index contributed by atoms with van der Waals surface area (Å²) in [5, 5.41) is 0. The van der Waals surface area contributed by atoms with Crippen LogP contribution in [0, 0.1) is 5.82 Å². The van der Waals surface area contributed by atoms with Gasteiger partial charge in [0.15, 0.2) is 12.1 Å². The summed E-state index contributed by atoms with van der Waals surface area (Å²) >= 11 is 0. The van der Waals surface area contributed by atoms with Crippen LogP contribution in [0.3, 0.4) is 0 Å². The number of pyridine rings is 1. The molecule has 0 aliphatic carbocycles. The lowest BCUT2D eigenvalue weighted by Crippen LogP contribution is -2.20. The van der Waals surface area contributed by atoms with Crippen LogP contribution < -0.4 is 10.5 Å². The zero-order valence-electron chi connectivity index (χ0n) is 12.0. The van der Waals surface area contributed by atoms with Crippen molar-refractivity contribution < 1.29 is 22.3 Å². The number of nitrogens with two attached hydrogens (primary N) is 1. The number of nitrogens with zero attached hydrogens (tertiary/aromatic N) is 3. The first-order chi connectivity index (χ1) is 11.3. The summed E-state index contributed by atoms with van der Waals surface area (Å²) in [6.07, 6.45) is -4.53. The first-order valence-electron chi connectivity index (χ1n) is 6.71. The third-order valence-electron chi connectivity index (χ3n) is 3.04. The molecule has 124 valence electrons. The highest BCUT2D eigenvalue weighted by atomic mass is 19.4. The number of aromatic nitrogens is 3. The van der Waals surface area contributed by atoms with Gasteiger partial charge in [0, 0.05) is 5.56 Å². The molecule has 3 aromatic rings. The lowest BCUT2D eigenvalue weighted by Gasteiger charge is -2.11. The standard InChI is InChI=1S/C15H10F4N4O/c16-9-3-1-8(2-4-9)10-5-6-11-12(21-10)13(23-14(20)22-11)24-7-15(17,18)19/h1-6H,7H2,(H2,20,22,23). The Morgan fingerprint density at radius 2 is 1.67 bits per heavy atom. The van der Waals surface area contributed by atoms with Gasteiger partial charge in [-0.15, -0.1) is 0 Å². The Balaban J connectivity index is 2.06. The van der Waals surface area contributed by atoms with E-state index in [0.29, 0.717) is 11.3 Å². The van der Waals surface area contributed by atoms with Crippen LogP contribution in [0.15, 0.2) is 36.4 Å². The van der Waals surface area contributed by atoms with Crippen molar-refractivity contribution in [3.63, 3.8) is 0 Å². The molecule has 3 rings (SSSR count). The molecule has 0 saturated heterocycles. The number of nitrogen functional groups attached to an aromatic ring is 1. The zero-order chi connectivity index (χ0) is 17.3. The highest BCUT2D eigenvalue weighted by Gasteiger charge is 2.29. The summed E-state index contributed by atoms with van der Waals surface area (Å²) in [7, 11) is 0. The van der Waals surface area contributed by atoms with Gasteiger partial charge in [-0.25, -0.2) is 14.4 Å². The fourth-order valence-corrected chi connectivity index (χ4v) is 2.04. The molecular formula is C15H10F4N4O. The number of hydrogen-bond donors (Lipinski definition) is 1. The van der Waals surface area contributed by atoms with E-state index in [2.05, 4.69) is 15.0 Å². The minimum atomic E-state index is -4.53. The molecule has 2 aromatic heterocycles. The van der Waals surface area contributed by atoms with Gasteiger partial charge in [-0.2, -0.15) is 18.2 Å². The monoisotopic (exact) mass is 338 g/mol. The van der Waals surface area contributed by atoms with Crippen LogP contribution in [0.2, 0.25) is 0 Å². The second-order valence-corrected chi connectivity index (χ2v) is 4.86. The molecule has 0 aliphatic heterocycles. The Hall–Kier alpha value is -2.97. The fourth-order valence-electron chi connectivity index (χ4n) is 2.04. The summed E-state index contributed by atoms with van der Waals surface area (Å²) < 4.78 is 54.8. The quantitative estimate of drug-likeness (QED) is 0.741. The van der Waals surface area contributed by atoms with Crippen LogP contribution in [-0.4, -0.2) is 27.7 Å². The minimum absolute atomic E-state index is 0.0373. The molecule has 0 amide bonds. The number of fused-ring (bicyclic) bond motifs is 1. The Labute approximate surface area is 133 Å². The second-order valence-electron chi connectivity index (χ2n) is 4.86. The third kappa shape index (κ3) is 3.50. The van der Waals surface area contributed by atoms with Gasteiger partial charge in [0.1, 0.15) is 5.82 Å². The number of hydrogen-bond acceptors (Lipinski definition) is 5. The Morgan fingerprint density at radius 1 is 0.958 bits per heavy atom. The molecule has 0 spiro atoms. The number of ether oxygens (including phenoxy) is 1. The normalized spacial score (nSPS) is 11.7. The number of halogens is 4. The lowest BCUT2D eigenvalue weighted by molar-refractivity contribution is -0.153. The number of alkyl halides is 3. The lowest BCUT2D eigenvalue weighted by atomic mass is 10.1. The highest BCUT2D eigenvalue weighted by molar-refractivity contribution is 5.83. The Morgan fingerprint density at radius 3 is 2.33 bits per heavy atom. The maximum Gasteiger partial charge on any atom is 0.422 e. The zero-order valence-corrected chi connectivity index (χ0v) is 12.0. The average molecular weight is 338 g/mol. The van der Waals surface area contributed by atoms with Crippen molar-refractivity contribution in [2.45, 2.75) is 6.18 Å². The summed E-state index contributed by atoms with van der Waals surface area (Å²) in [5.74, 6) is -1.00. The van der Waals surface area contributed by atoms with Crippen LogP contribution in [0.1, 0.15) is 0 Å². The van der Waals surface area contributed by atoms with Crippen LogP contribution in [0.25, 0.3) is 22.3 Å². The maximum atomic E-state index is 13.0. The average Bonchev–Trinajstić information content (AvgIpc) is 2.52. The SMILES string of the molecule is Nc1nc(OCC(F)(F)F)c2nc(-c3ccc(F)cc3)ccc2n1. The molecule has 9 heteroatoms. The van der Waals surface area contributed by atoms with Gasteiger partial charge >= 0.3 is 6.18 Å². The van der Waals surface area contributed by atoms with Crippen molar-refractivity contribution in [3.8, 4) is 17.1 Å². The van der Waals surface area contributed by atoms with Crippen LogP contribution in [-0.2, 0) is 0 Å². The number of rotatable bonds is 3. The van der Waals surface area contributed by atoms with Gasteiger partial charge in [-0.05, 0) is 36.4 Å². The molecule has 0 atom stereocenters. The van der Waals surface area contributed by atoms with E-state index in [-0.39, 0.29) is 22.9 Å². The van der Waals surface area contributed by atoms with E-state index in [9.17, 15) is 17.6 Å². The van der Waals surface area contributed by atoms with Crippen LogP contribution in [0.5, 0.6) is 5.88 Å². The van der Waals surface area contributed by atoms with Gasteiger partial charge < -0.3 is 10.5 Å². The fraction of sp³-hybridized carbons (Fsp3) is 0.133. The summed E-state index contributed by atoms with van der Waals surface area (Å²) in [6.45, 7) is -1.53. The largest absolute Gasteiger partial charge is 0.466 e. The number of benzene rings is 1. The van der Waals surface area contributed by atoms with E-state index in [0.717, 1.165) is 0 Å². The summed E-state index contributed by atoms with van der Waals surface area (Å²) in [5.41, 5.74) is 6.75. The van der Waals surface area contributed by atoms with E-state index >= 15 is 0 Å². The second kappa shape index (κ2) is 5.91. The molecule has 24 heavy (non-hydrogen) atoms. The van der Waals surface area contributed by atoms with E-state index in [1.54, 1.807) is 6.07 Å². The molecule has 0 aliphatic rings. The summed E-state index contributed by atoms with van der Waals surface area (Å²) in [6, 6.07) is 8.62. The first kappa shape index (κ1) is 15.9. The highest BCUT2D eigenvalue weighted by Crippen LogP contribution is 2.27. The van der Waals surface area contributed by atoms with Gasteiger partial charge in [-0.3, -0.25) is 0 Å². The van der Waals surface area contributed by atoms with Crippen molar-refractivity contribution in [2.75, 3.05) is 12.3 Å². The molecule has 5 nitrogen and oxygen atoms in total. The predicted octanol–water partition coefficient (Wildman–Crippen LogP) is 3.35. The van der Waals surface area contributed by atoms with Crippen molar-refractivity contribution >= 4 is 17.0 Å². The van der Waals surface area contributed by atoms with Gasteiger partial charge in [0.25, 0.3) is 0 Å². The van der Waals surface area contributed by atoms with Crippen molar-refractivity contribution in [2.24, 2.45) is 0 Å². The Bertz CT molecular complexity index is 881. The molecule has 2 N–H and O–H groups in total.